The Morgan fingerprint density at radius 2 is 2.05 bits per heavy atom. The smallest absolute Gasteiger partial charge is 0.315 e. The quantitative estimate of drug-likeness (QED) is 0.820. The molecule has 1 amide bonds. The predicted molar refractivity (Wildman–Crippen MR) is 83.1 cm³/mol. The van der Waals surface area contributed by atoms with E-state index in [-0.39, 0.29) is 22.9 Å². The fourth-order valence-electron chi connectivity index (χ4n) is 1.66. The fourth-order valence-corrected chi connectivity index (χ4v) is 2.34. The minimum absolute atomic E-state index is 0.105. The van der Waals surface area contributed by atoms with Gasteiger partial charge < -0.3 is 10.1 Å². The van der Waals surface area contributed by atoms with Crippen molar-refractivity contribution in [2.45, 2.75) is 32.9 Å². The molecule has 0 saturated heterocycles. The Morgan fingerprint density at radius 1 is 1.35 bits per heavy atom. The predicted octanol–water partition coefficient (Wildman–Crippen LogP) is 2.93. The molecule has 0 heterocycles. The Hall–Kier alpha value is -1.49. The van der Waals surface area contributed by atoms with Crippen LogP contribution < -0.4 is 5.32 Å². The van der Waals surface area contributed by atoms with Crippen molar-refractivity contribution in [1.82, 2.24) is 0 Å². The maximum absolute atomic E-state index is 12.0. The average Bonchev–Trinajstić information content (AvgIpc) is 2.39. The number of hydrogen-bond acceptors (Lipinski definition) is 4. The van der Waals surface area contributed by atoms with Crippen LogP contribution >= 0.6 is 11.8 Å². The van der Waals surface area contributed by atoms with Crippen molar-refractivity contribution in [1.29, 1.82) is 0 Å². The number of amides is 1. The molecular formula is C15H21NO3S. The van der Waals surface area contributed by atoms with Crippen molar-refractivity contribution in [3.63, 3.8) is 0 Å². The fraction of sp³-hybridized carbons (Fsp3) is 0.467. The number of nitrogens with one attached hydrogen (secondary N) is 1. The molecule has 0 bridgehead atoms. The second-order valence-electron chi connectivity index (χ2n) is 4.57. The van der Waals surface area contributed by atoms with Gasteiger partial charge in [-0.05, 0) is 39.3 Å². The SMILES string of the molecule is CCOC(=O)CS[C@H](C)C(=O)Nc1ccc(C)cc1C. The van der Waals surface area contributed by atoms with Gasteiger partial charge in [-0.2, -0.15) is 0 Å². The van der Waals surface area contributed by atoms with E-state index in [1.165, 1.54) is 11.8 Å². The highest BCUT2D eigenvalue weighted by Crippen LogP contribution is 2.18. The number of thioether (sulfide) groups is 1. The molecule has 0 aliphatic carbocycles. The number of ether oxygens (including phenoxy) is 1. The molecule has 0 unspecified atom stereocenters. The zero-order chi connectivity index (χ0) is 15.1. The van der Waals surface area contributed by atoms with Crippen LogP contribution in [0.2, 0.25) is 0 Å². The number of aryl methyl sites for hydroxylation is 2. The highest BCUT2D eigenvalue weighted by molar-refractivity contribution is 8.01. The lowest BCUT2D eigenvalue weighted by Crippen LogP contribution is -2.24. The van der Waals surface area contributed by atoms with Gasteiger partial charge in [0.1, 0.15) is 0 Å². The van der Waals surface area contributed by atoms with Crippen LogP contribution in [0.4, 0.5) is 5.69 Å². The minimum Gasteiger partial charge on any atom is -0.465 e. The summed E-state index contributed by atoms with van der Waals surface area (Å²) in [6.45, 7) is 7.87. The molecule has 0 saturated carbocycles. The largest absolute Gasteiger partial charge is 0.465 e. The van der Waals surface area contributed by atoms with Crippen molar-refractivity contribution in [3.05, 3.63) is 29.3 Å². The van der Waals surface area contributed by atoms with E-state index in [9.17, 15) is 9.59 Å². The summed E-state index contributed by atoms with van der Waals surface area (Å²) in [6, 6.07) is 5.87. The standard InChI is InChI=1S/C15H21NO3S/c1-5-19-14(17)9-20-12(4)15(18)16-13-7-6-10(2)8-11(13)3/h6-8,12H,5,9H2,1-4H3,(H,16,18)/t12-/m1/s1. The molecule has 1 atom stereocenters. The normalized spacial score (nSPS) is 11.8. The molecule has 0 aliphatic heterocycles. The van der Waals surface area contributed by atoms with Gasteiger partial charge in [0, 0.05) is 5.69 Å². The van der Waals surface area contributed by atoms with Gasteiger partial charge in [-0.3, -0.25) is 9.59 Å². The van der Waals surface area contributed by atoms with E-state index in [2.05, 4.69) is 5.32 Å². The first kappa shape index (κ1) is 16.6. The van der Waals surface area contributed by atoms with Crippen molar-refractivity contribution < 1.29 is 14.3 Å². The van der Waals surface area contributed by atoms with Crippen LogP contribution in [0.5, 0.6) is 0 Å². The lowest BCUT2D eigenvalue weighted by atomic mass is 10.1. The number of carbonyl (C=O) groups is 2. The van der Waals surface area contributed by atoms with Crippen LogP contribution in [0.15, 0.2) is 18.2 Å². The minimum atomic E-state index is -0.305. The van der Waals surface area contributed by atoms with Crippen molar-refractivity contribution in [3.8, 4) is 0 Å². The van der Waals surface area contributed by atoms with Gasteiger partial charge in [-0.15, -0.1) is 11.8 Å². The molecule has 5 heteroatoms. The van der Waals surface area contributed by atoms with Crippen LogP contribution in [-0.2, 0) is 14.3 Å². The summed E-state index contributed by atoms with van der Waals surface area (Å²) in [7, 11) is 0. The molecule has 110 valence electrons. The molecule has 0 spiro atoms. The van der Waals surface area contributed by atoms with Crippen molar-refractivity contribution in [2.24, 2.45) is 0 Å². The second-order valence-corrected chi connectivity index (χ2v) is 5.89. The average molecular weight is 295 g/mol. The zero-order valence-electron chi connectivity index (χ0n) is 12.4. The third-order valence-corrected chi connectivity index (χ3v) is 3.88. The summed E-state index contributed by atoms with van der Waals surface area (Å²) < 4.78 is 4.83. The lowest BCUT2D eigenvalue weighted by Gasteiger charge is -2.13. The summed E-state index contributed by atoms with van der Waals surface area (Å²) in [6.07, 6.45) is 0. The van der Waals surface area contributed by atoms with Gasteiger partial charge in [-0.1, -0.05) is 17.7 Å². The first-order valence-corrected chi connectivity index (χ1v) is 7.64. The first-order valence-electron chi connectivity index (χ1n) is 6.59. The third-order valence-electron chi connectivity index (χ3n) is 2.77. The van der Waals surface area contributed by atoms with E-state index >= 15 is 0 Å². The lowest BCUT2D eigenvalue weighted by molar-refractivity contribution is -0.139. The van der Waals surface area contributed by atoms with Crippen LogP contribution in [0, 0.1) is 13.8 Å². The maximum atomic E-state index is 12.0. The van der Waals surface area contributed by atoms with Crippen molar-refractivity contribution in [2.75, 3.05) is 17.7 Å². The topological polar surface area (TPSA) is 55.4 Å². The van der Waals surface area contributed by atoms with Crippen LogP contribution in [0.3, 0.4) is 0 Å². The van der Waals surface area contributed by atoms with E-state index in [4.69, 9.17) is 4.74 Å². The van der Waals surface area contributed by atoms with Crippen molar-refractivity contribution >= 4 is 29.3 Å². The Kier molecular flexibility index (Phi) is 6.58. The number of carbonyl (C=O) groups excluding carboxylic acids is 2. The van der Waals surface area contributed by atoms with Gasteiger partial charge in [0.25, 0.3) is 0 Å². The summed E-state index contributed by atoms with van der Waals surface area (Å²) in [5.74, 6) is -0.204. The third kappa shape index (κ3) is 5.25. The molecule has 4 nitrogen and oxygen atoms in total. The number of hydrogen-bond donors (Lipinski definition) is 1. The van der Waals surface area contributed by atoms with E-state index in [0.717, 1.165) is 16.8 Å². The molecule has 1 aromatic rings. The van der Waals surface area contributed by atoms with Crippen LogP contribution in [-0.4, -0.2) is 29.5 Å². The summed E-state index contributed by atoms with van der Waals surface area (Å²) in [4.78, 5) is 23.3. The molecular weight excluding hydrogens is 274 g/mol. The Morgan fingerprint density at radius 3 is 2.65 bits per heavy atom. The number of esters is 1. The highest BCUT2D eigenvalue weighted by Gasteiger charge is 2.16. The summed E-state index contributed by atoms with van der Waals surface area (Å²) >= 11 is 1.27. The van der Waals surface area contributed by atoms with Crippen LogP contribution in [0.1, 0.15) is 25.0 Å². The van der Waals surface area contributed by atoms with E-state index in [1.807, 2.05) is 32.0 Å². The number of anilines is 1. The molecule has 0 fully saturated rings. The monoisotopic (exact) mass is 295 g/mol. The molecule has 20 heavy (non-hydrogen) atoms. The molecule has 1 rings (SSSR count). The van der Waals surface area contributed by atoms with Crippen LogP contribution in [0.25, 0.3) is 0 Å². The second kappa shape index (κ2) is 7.94. The molecule has 1 N–H and O–H groups in total. The van der Waals surface area contributed by atoms with E-state index in [0.29, 0.717) is 6.61 Å². The van der Waals surface area contributed by atoms with E-state index < -0.39 is 0 Å². The number of rotatable bonds is 6. The highest BCUT2D eigenvalue weighted by atomic mass is 32.2. The summed E-state index contributed by atoms with van der Waals surface area (Å²) in [5.41, 5.74) is 3.00. The Balaban J connectivity index is 2.51. The molecule has 0 radical (unpaired) electrons. The van der Waals surface area contributed by atoms with Gasteiger partial charge in [0.05, 0.1) is 17.6 Å². The Labute approximate surface area is 124 Å². The van der Waals surface area contributed by atoms with Gasteiger partial charge in [-0.25, -0.2) is 0 Å². The summed E-state index contributed by atoms with van der Waals surface area (Å²) in [5, 5.41) is 2.58. The zero-order valence-corrected chi connectivity index (χ0v) is 13.2. The molecule has 0 aromatic heterocycles. The molecule has 0 aliphatic rings. The van der Waals surface area contributed by atoms with Gasteiger partial charge in [0.2, 0.25) is 5.91 Å². The Bertz CT molecular complexity index is 488. The van der Waals surface area contributed by atoms with Gasteiger partial charge >= 0.3 is 5.97 Å². The van der Waals surface area contributed by atoms with E-state index in [1.54, 1.807) is 13.8 Å². The first-order chi connectivity index (χ1) is 9.43. The molecule has 1 aromatic carbocycles. The maximum Gasteiger partial charge on any atom is 0.315 e. The number of benzene rings is 1. The van der Waals surface area contributed by atoms with Gasteiger partial charge in [0.15, 0.2) is 0 Å².